The van der Waals surface area contributed by atoms with Crippen LogP contribution in [-0.4, -0.2) is 19.5 Å². The number of nitrogens with zero attached hydrogens (tertiary/aromatic N) is 4. The fourth-order valence-corrected chi connectivity index (χ4v) is 9.38. The summed E-state index contributed by atoms with van der Waals surface area (Å²) >= 11 is 0. The van der Waals surface area contributed by atoms with E-state index in [2.05, 4.69) is 150 Å². The van der Waals surface area contributed by atoms with Gasteiger partial charge in [0.1, 0.15) is 11.5 Å². The molecular formula is C52H32N4O. The maximum absolute atomic E-state index is 6.80. The molecule has 0 N–H and O–H groups in total. The average molecular weight is 729 g/mol. The molecule has 266 valence electrons. The first kappa shape index (κ1) is 31.7. The van der Waals surface area contributed by atoms with Crippen molar-refractivity contribution in [1.29, 1.82) is 0 Å². The summed E-state index contributed by atoms with van der Waals surface area (Å²) in [4.78, 5) is 14.6. The van der Waals surface area contributed by atoms with E-state index in [9.17, 15) is 0 Å². The molecule has 1 atom stereocenters. The molecule has 0 amide bonds. The third-order valence-electron chi connectivity index (χ3n) is 11.8. The second-order valence-corrected chi connectivity index (χ2v) is 14.8. The van der Waals surface area contributed by atoms with Crippen molar-refractivity contribution in [3.05, 3.63) is 217 Å². The molecule has 4 aromatic heterocycles. The Morgan fingerprint density at radius 3 is 1.84 bits per heavy atom. The molecular weight excluding hydrogens is 697 g/mol. The van der Waals surface area contributed by atoms with E-state index in [0.717, 1.165) is 67.7 Å². The number of ether oxygens (including phenoxy) is 1. The number of pyridine rings is 3. The zero-order valence-corrected chi connectivity index (χ0v) is 30.7. The number of fused-ring (bicyclic) bond motifs is 12. The molecule has 0 saturated carbocycles. The first-order valence-electron chi connectivity index (χ1n) is 19.3. The third-order valence-corrected chi connectivity index (χ3v) is 11.8. The molecule has 0 bridgehead atoms. The van der Waals surface area contributed by atoms with Crippen molar-refractivity contribution in [2.75, 3.05) is 0 Å². The average Bonchev–Trinajstić information content (AvgIpc) is 3.76. The normalized spacial score (nSPS) is 14.9. The van der Waals surface area contributed by atoms with E-state index in [0.29, 0.717) is 0 Å². The first-order chi connectivity index (χ1) is 28.3. The van der Waals surface area contributed by atoms with Gasteiger partial charge < -0.3 is 9.30 Å². The van der Waals surface area contributed by atoms with Gasteiger partial charge in [0.05, 0.1) is 44.9 Å². The molecule has 0 fully saturated rings. The summed E-state index contributed by atoms with van der Waals surface area (Å²) in [6.45, 7) is 0. The number of aromatic nitrogens is 4. The molecule has 57 heavy (non-hydrogen) atoms. The molecule has 5 nitrogen and oxygen atoms in total. The van der Waals surface area contributed by atoms with Crippen LogP contribution in [0.4, 0.5) is 0 Å². The van der Waals surface area contributed by atoms with Crippen LogP contribution < -0.4 is 4.74 Å². The fraction of sp³-hybridized carbons (Fsp3) is 0.0192. The summed E-state index contributed by atoms with van der Waals surface area (Å²) in [5, 5.41) is 2.37. The lowest BCUT2D eigenvalue weighted by Crippen LogP contribution is -2.32. The molecule has 2 aliphatic rings. The lowest BCUT2D eigenvalue weighted by Gasteiger charge is -2.39. The Morgan fingerprint density at radius 2 is 1.07 bits per heavy atom. The number of para-hydroxylation sites is 2. The minimum absolute atomic E-state index is 0.646. The Kier molecular flexibility index (Phi) is 6.78. The van der Waals surface area contributed by atoms with Crippen molar-refractivity contribution >= 4 is 21.8 Å². The first-order valence-corrected chi connectivity index (χ1v) is 19.3. The van der Waals surface area contributed by atoms with Gasteiger partial charge in [-0.05, 0) is 106 Å². The molecule has 12 rings (SSSR count). The highest BCUT2D eigenvalue weighted by molar-refractivity contribution is 6.12. The lowest BCUT2D eigenvalue weighted by molar-refractivity contribution is 0.436. The summed E-state index contributed by atoms with van der Waals surface area (Å²) in [6.07, 6.45) is 3.63. The Morgan fingerprint density at radius 1 is 0.404 bits per heavy atom. The quantitative estimate of drug-likeness (QED) is 0.181. The Balaban J connectivity index is 1.20. The molecule has 1 aliphatic heterocycles. The minimum Gasteiger partial charge on any atom is -0.457 e. The van der Waals surface area contributed by atoms with Crippen molar-refractivity contribution in [2.45, 2.75) is 5.41 Å². The summed E-state index contributed by atoms with van der Waals surface area (Å²) in [7, 11) is 0. The predicted molar refractivity (Wildman–Crippen MR) is 228 cm³/mol. The molecule has 0 radical (unpaired) electrons. The van der Waals surface area contributed by atoms with Crippen molar-refractivity contribution in [2.24, 2.45) is 0 Å². The second-order valence-electron chi connectivity index (χ2n) is 14.8. The van der Waals surface area contributed by atoms with Gasteiger partial charge >= 0.3 is 0 Å². The van der Waals surface area contributed by atoms with Gasteiger partial charge in [-0.3, -0.25) is 9.97 Å². The molecule has 5 heteroatoms. The smallest absolute Gasteiger partial charge is 0.132 e. The number of hydrogen-bond donors (Lipinski definition) is 0. The lowest BCUT2D eigenvalue weighted by atomic mass is 9.65. The molecule has 6 aromatic carbocycles. The van der Waals surface area contributed by atoms with E-state index in [1.54, 1.807) is 0 Å². The van der Waals surface area contributed by atoms with E-state index >= 15 is 0 Å². The van der Waals surface area contributed by atoms with E-state index in [1.165, 1.54) is 38.6 Å². The Labute approximate surface area is 329 Å². The molecule has 10 aromatic rings. The van der Waals surface area contributed by atoms with E-state index < -0.39 is 5.41 Å². The zero-order chi connectivity index (χ0) is 37.5. The molecule has 5 heterocycles. The van der Waals surface area contributed by atoms with Gasteiger partial charge in [0.15, 0.2) is 0 Å². The van der Waals surface area contributed by atoms with Crippen LogP contribution in [0.2, 0.25) is 0 Å². The standard InChI is InChI=1S/C52H32N4O/c1-2-14-33(15-3-1)34-24-25-51-43(28-34)52(41-19-7-9-23-50(41)57-51)40-18-6-4-16-36(40)38-31-39-37-17-5-8-22-48(37)56(49(39)32-42(38)52)35-29-46(44-20-10-12-26-53-44)55-47(30-35)45-21-11-13-27-54-45/h1-32H. The van der Waals surface area contributed by atoms with Crippen LogP contribution in [0, 0.1) is 0 Å². The van der Waals surface area contributed by atoms with Crippen LogP contribution in [-0.2, 0) is 5.41 Å². The van der Waals surface area contributed by atoms with Gasteiger partial charge in [-0.1, -0.05) is 109 Å². The summed E-state index contributed by atoms with van der Waals surface area (Å²) in [5.74, 6) is 1.74. The van der Waals surface area contributed by atoms with Crippen LogP contribution in [0.15, 0.2) is 194 Å². The monoisotopic (exact) mass is 728 g/mol. The van der Waals surface area contributed by atoms with E-state index in [-0.39, 0.29) is 0 Å². The molecule has 1 aliphatic carbocycles. The van der Waals surface area contributed by atoms with Crippen LogP contribution in [0.3, 0.4) is 0 Å². The van der Waals surface area contributed by atoms with Crippen LogP contribution in [0.5, 0.6) is 11.5 Å². The zero-order valence-electron chi connectivity index (χ0n) is 30.7. The third kappa shape index (κ3) is 4.60. The van der Waals surface area contributed by atoms with Crippen molar-refractivity contribution in [1.82, 2.24) is 19.5 Å². The minimum atomic E-state index is -0.646. The number of hydrogen-bond acceptors (Lipinski definition) is 4. The molecule has 1 spiro atoms. The van der Waals surface area contributed by atoms with E-state index in [1.807, 2.05) is 48.8 Å². The van der Waals surface area contributed by atoms with Gasteiger partial charge in [0.25, 0.3) is 0 Å². The topological polar surface area (TPSA) is 52.8 Å². The second kappa shape index (κ2) is 12.2. The molecule has 1 unspecified atom stereocenters. The van der Waals surface area contributed by atoms with Crippen LogP contribution in [0.1, 0.15) is 22.3 Å². The van der Waals surface area contributed by atoms with Gasteiger partial charge in [0.2, 0.25) is 0 Å². The summed E-state index contributed by atoms with van der Waals surface area (Å²) < 4.78 is 9.20. The Bertz CT molecular complexity index is 3150. The van der Waals surface area contributed by atoms with Crippen LogP contribution >= 0.6 is 0 Å². The number of benzene rings is 6. The van der Waals surface area contributed by atoms with Crippen LogP contribution in [0.25, 0.3) is 72.5 Å². The van der Waals surface area contributed by atoms with Gasteiger partial charge in [-0.2, -0.15) is 0 Å². The van der Waals surface area contributed by atoms with Crippen molar-refractivity contribution in [3.8, 4) is 62.2 Å². The van der Waals surface area contributed by atoms with Crippen molar-refractivity contribution < 1.29 is 4.74 Å². The summed E-state index contributed by atoms with van der Waals surface area (Å²) in [5.41, 5.74) is 15.3. The highest BCUT2D eigenvalue weighted by Gasteiger charge is 2.51. The maximum atomic E-state index is 6.80. The summed E-state index contributed by atoms with van der Waals surface area (Å²) in [6, 6.07) is 64.6. The largest absolute Gasteiger partial charge is 0.457 e. The SMILES string of the molecule is c1ccc(-c2ccc3c(c2)C2(c4ccccc4O3)c3ccccc3-c3cc4c5ccccc5n(-c5cc(-c6ccccn6)nc(-c6ccccn6)c5)c4cc32)cc1. The maximum Gasteiger partial charge on any atom is 0.132 e. The number of rotatable bonds is 4. The molecule has 0 saturated heterocycles. The van der Waals surface area contributed by atoms with Gasteiger partial charge in [-0.15, -0.1) is 0 Å². The Hall–Kier alpha value is -7.63. The van der Waals surface area contributed by atoms with Gasteiger partial charge in [-0.25, -0.2) is 4.98 Å². The predicted octanol–water partition coefficient (Wildman–Crippen LogP) is 12.4. The van der Waals surface area contributed by atoms with E-state index in [4.69, 9.17) is 19.7 Å². The highest BCUT2D eigenvalue weighted by Crippen LogP contribution is 2.63. The van der Waals surface area contributed by atoms with Crippen molar-refractivity contribution in [3.63, 3.8) is 0 Å². The van der Waals surface area contributed by atoms with Gasteiger partial charge in [0, 0.05) is 34.3 Å². The fourth-order valence-electron chi connectivity index (χ4n) is 9.38. The highest BCUT2D eigenvalue weighted by atomic mass is 16.5.